The summed E-state index contributed by atoms with van der Waals surface area (Å²) in [6, 6.07) is 7.21. The number of hydrogen-bond donors (Lipinski definition) is 1. The van der Waals surface area contributed by atoms with Crippen LogP contribution in [0.4, 0.5) is 0 Å². The first-order valence-electron chi connectivity index (χ1n) is 7.42. The number of hydrogen-bond acceptors (Lipinski definition) is 2. The van der Waals surface area contributed by atoms with Crippen LogP contribution in [-0.4, -0.2) is 15.6 Å². The van der Waals surface area contributed by atoms with Gasteiger partial charge in [-0.2, -0.15) is 0 Å². The summed E-state index contributed by atoms with van der Waals surface area (Å²) in [5.41, 5.74) is 4.05. The number of imidazole rings is 1. The summed E-state index contributed by atoms with van der Waals surface area (Å²) in [4.78, 5) is 4.49. The second-order valence-electron chi connectivity index (χ2n) is 5.61. The number of nitrogens with zero attached hydrogens (tertiary/aromatic N) is 2. The van der Waals surface area contributed by atoms with E-state index in [2.05, 4.69) is 67.0 Å². The van der Waals surface area contributed by atoms with Gasteiger partial charge in [0.05, 0.1) is 0 Å². The summed E-state index contributed by atoms with van der Waals surface area (Å²) >= 11 is 0. The average molecular weight is 271 g/mol. The van der Waals surface area contributed by atoms with Gasteiger partial charge in [-0.05, 0) is 25.0 Å². The van der Waals surface area contributed by atoms with Crippen LogP contribution in [0.1, 0.15) is 43.3 Å². The largest absolute Gasteiger partial charge is 0.335 e. The van der Waals surface area contributed by atoms with Crippen molar-refractivity contribution in [2.24, 2.45) is 0 Å². The summed E-state index contributed by atoms with van der Waals surface area (Å²) in [5, 5.41) is 3.50. The SMILES string of the molecule is CCn1ccnc1Cc1cc(C)ccc1CNC(C)C. The van der Waals surface area contributed by atoms with Gasteiger partial charge in [0.1, 0.15) is 5.82 Å². The number of benzene rings is 1. The molecule has 1 N–H and O–H groups in total. The Morgan fingerprint density at radius 1 is 1.25 bits per heavy atom. The van der Waals surface area contributed by atoms with Crippen molar-refractivity contribution in [1.29, 1.82) is 0 Å². The number of nitrogens with one attached hydrogen (secondary N) is 1. The fourth-order valence-corrected chi connectivity index (χ4v) is 2.37. The van der Waals surface area contributed by atoms with Gasteiger partial charge in [-0.25, -0.2) is 4.98 Å². The van der Waals surface area contributed by atoms with Crippen LogP contribution in [0.5, 0.6) is 0 Å². The number of rotatable bonds is 6. The van der Waals surface area contributed by atoms with E-state index in [1.54, 1.807) is 0 Å². The van der Waals surface area contributed by atoms with Crippen molar-refractivity contribution in [2.75, 3.05) is 0 Å². The monoisotopic (exact) mass is 271 g/mol. The molecule has 0 aliphatic carbocycles. The van der Waals surface area contributed by atoms with E-state index in [0.29, 0.717) is 6.04 Å². The van der Waals surface area contributed by atoms with Crippen LogP contribution in [0.15, 0.2) is 30.6 Å². The molecule has 0 radical (unpaired) electrons. The van der Waals surface area contributed by atoms with E-state index in [-0.39, 0.29) is 0 Å². The van der Waals surface area contributed by atoms with Crippen molar-refractivity contribution >= 4 is 0 Å². The zero-order valence-corrected chi connectivity index (χ0v) is 13.0. The second-order valence-corrected chi connectivity index (χ2v) is 5.61. The molecule has 0 atom stereocenters. The molecule has 3 heteroatoms. The summed E-state index contributed by atoms with van der Waals surface area (Å²) in [6.07, 6.45) is 4.84. The fourth-order valence-electron chi connectivity index (χ4n) is 2.37. The normalized spacial score (nSPS) is 11.2. The molecule has 2 aromatic rings. The fraction of sp³-hybridized carbons (Fsp3) is 0.471. The quantitative estimate of drug-likeness (QED) is 0.873. The number of aromatic nitrogens is 2. The summed E-state index contributed by atoms with van der Waals surface area (Å²) in [6.45, 7) is 10.5. The first-order valence-corrected chi connectivity index (χ1v) is 7.42. The predicted octanol–water partition coefficient (Wildman–Crippen LogP) is 3.30. The van der Waals surface area contributed by atoms with Gasteiger partial charge in [-0.15, -0.1) is 0 Å². The zero-order chi connectivity index (χ0) is 14.5. The lowest BCUT2D eigenvalue weighted by Gasteiger charge is -2.14. The molecule has 1 heterocycles. The first kappa shape index (κ1) is 14.8. The maximum atomic E-state index is 4.49. The maximum absolute atomic E-state index is 4.49. The molecule has 0 aliphatic rings. The van der Waals surface area contributed by atoms with Crippen LogP contribution in [0.2, 0.25) is 0 Å². The molecular formula is C17H25N3. The highest BCUT2D eigenvalue weighted by Gasteiger charge is 2.08. The highest BCUT2D eigenvalue weighted by molar-refractivity contribution is 5.33. The van der Waals surface area contributed by atoms with Crippen LogP contribution in [-0.2, 0) is 19.5 Å². The van der Waals surface area contributed by atoms with E-state index >= 15 is 0 Å². The molecule has 2 rings (SSSR count). The molecule has 1 aromatic carbocycles. The smallest absolute Gasteiger partial charge is 0.113 e. The Balaban J connectivity index is 2.22. The molecular weight excluding hydrogens is 246 g/mol. The first-order chi connectivity index (χ1) is 9.60. The predicted molar refractivity (Wildman–Crippen MR) is 83.9 cm³/mol. The van der Waals surface area contributed by atoms with E-state index in [0.717, 1.165) is 25.3 Å². The lowest BCUT2D eigenvalue weighted by atomic mass is 10.0. The van der Waals surface area contributed by atoms with Gasteiger partial charge in [0, 0.05) is 37.9 Å². The van der Waals surface area contributed by atoms with Gasteiger partial charge < -0.3 is 9.88 Å². The van der Waals surface area contributed by atoms with Crippen molar-refractivity contribution in [3.8, 4) is 0 Å². The summed E-state index contributed by atoms with van der Waals surface area (Å²) in [5.74, 6) is 1.14. The third kappa shape index (κ3) is 3.70. The van der Waals surface area contributed by atoms with Crippen molar-refractivity contribution in [1.82, 2.24) is 14.9 Å². The van der Waals surface area contributed by atoms with Gasteiger partial charge in [-0.1, -0.05) is 37.6 Å². The molecule has 0 saturated heterocycles. The van der Waals surface area contributed by atoms with Crippen molar-refractivity contribution in [3.05, 3.63) is 53.1 Å². The van der Waals surface area contributed by atoms with E-state index in [1.807, 2.05) is 6.20 Å². The molecule has 1 aromatic heterocycles. The Morgan fingerprint density at radius 2 is 2.05 bits per heavy atom. The molecule has 108 valence electrons. The van der Waals surface area contributed by atoms with Crippen LogP contribution in [0, 0.1) is 6.92 Å². The van der Waals surface area contributed by atoms with Gasteiger partial charge in [-0.3, -0.25) is 0 Å². The van der Waals surface area contributed by atoms with Gasteiger partial charge >= 0.3 is 0 Å². The Morgan fingerprint density at radius 3 is 2.75 bits per heavy atom. The van der Waals surface area contributed by atoms with Gasteiger partial charge in [0.15, 0.2) is 0 Å². The minimum atomic E-state index is 0.502. The Labute approximate surface area is 122 Å². The molecule has 3 nitrogen and oxygen atoms in total. The molecule has 0 spiro atoms. The van der Waals surface area contributed by atoms with E-state index in [9.17, 15) is 0 Å². The third-order valence-electron chi connectivity index (χ3n) is 3.55. The Bertz CT molecular complexity index is 555. The summed E-state index contributed by atoms with van der Waals surface area (Å²) < 4.78 is 2.21. The molecule has 20 heavy (non-hydrogen) atoms. The Kier molecular flexibility index (Phi) is 4.96. The second kappa shape index (κ2) is 6.71. The standard InChI is InChI=1S/C17H25N3/c1-5-20-9-8-18-17(20)11-16-10-14(4)6-7-15(16)12-19-13(2)3/h6-10,13,19H,5,11-12H2,1-4H3. The lowest BCUT2D eigenvalue weighted by molar-refractivity contribution is 0.586. The topological polar surface area (TPSA) is 29.9 Å². The molecule has 0 bridgehead atoms. The van der Waals surface area contributed by atoms with Crippen LogP contribution >= 0.6 is 0 Å². The highest BCUT2D eigenvalue weighted by Crippen LogP contribution is 2.16. The average Bonchev–Trinajstić information content (AvgIpc) is 2.85. The lowest BCUT2D eigenvalue weighted by Crippen LogP contribution is -2.22. The Hall–Kier alpha value is -1.61. The summed E-state index contributed by atoms with van der Waals surface area (Å²) in [7, 11) is 0. The van der Waals surface area contributed by atoms with Crippen LogP contribution in [0.3, 0.4) is 0 Å². The minimum absolute atomic E-state index is 0.502. The van der Waals surface area contributed by atoms with Crippen LogP contribution < -0.4 is 5.32 Å². The third-order valence-corrected chi connectivity index (χ3v) is 3.55. The van der Waals surface area contributed by atoms with E-state index in [4.69, 9.17) is 0 Å². The maximum Gasteiger partial charge on any atom is 0.113 e. The molecule has 0 fully saturated rings. The van der Waals surface area contributed by atoms with E-state index < -0.39 is 0 Å². The van der Waals surface area contributed by atoms with Crippen molar-refractivity contribution in [3.63, 3.8) is 0 Å². The zero-order valence-electron chi connectivity index (χ0n) is 13.0. The minimum Gasteiger partial charge on any atom is -0.335 e. The van der Waals surface area contributed by atoms with E-state index in [1.165, 1.54) is 16.7 Å². The number of aryl methyl sites for hydroxylation is 2. The molecule has 0 amide bonds. The van der Waals surface area contributed by atoms with Gasteiger partial charge in [0.2, 0.25) is 0 Å². The molecule has 0 aliphatic heterocycles. The molecule has 0 unspecified atom stereocenters. The van der Waals surface area contributed by atoms with Crippen molar-refractivity contribution < 1.29 is 0 Å². The van der Waals surface area contributed by atoms with Gasteiger partial charge in [0.25, 0.3) is 0 Å². The molecule has 0 saturated carbocycles. The highest BCUT2D eigenvalue weighted by atomic mass is 15.0. The van der Waals surface area contributed by atoms with Crippen molar-refractivity contribution in [2.45, 2.75) is 53.2 Å². The van der Waals surface area contributed by atoms with Crippen LogP contribution in [0.25, 0.3) is 0 Å².